The first-order valence-corrected chi connectivity index (χ1v) is 9.48. The monoisotopic (exact) mass is 381 g/mol. The normalized spacial score (nSPS) is 11.2. The van der Waals surface area contributed by atoms with Crippen molar-refractivity contribution in [2.45, 2.75) is 13.2 Å². The van der Waals surface area contributed by atoms with Gasteiger partial charge in [0.2, 0.25) is 0 Å². The number of hydrogen-bond acceptors (Lipinski definition) is 3. The van der Waals surface area contributed by atoms with E-state index in [0.717, 1.165) is 27.8 Å². The van der Waals surface area contributed by atoms with Crippen LogP contribution in [-0.2, 0) is 13.2 Å². The molecule has 2 aromatic carbocycles. The van der Waals surface area contributed by atoms with Gasteiger partial charge >= 0.3 is 0 Å². The van der Waals surface area contributed by atoms with Crippen LogP contribution in [0.25, 0.3) is 16.4 Å². The summed E-state index contributed by atoms with van der Waals surface area (Å²) in [5.41, 5.74) is 3.68. The van der Waals surface area contributed by atoms with Crippen molar-refractivity contribution in [3.8, 4) is 5.75 Å². The van der Waals surface area contributed by atoms with Crippen molar-refractivity contribution in [3.05, 3.63) is 113 Å². The fourth-order valence-electron chi connectivity index (χ4n) is 3.53. The predicted molar refractivity (Wildman–Crippen MR) is 113 cm³/mol. The molecule has 0 saturated carbocycles. The summed E-state index contributed by atoms with van der Waals surface area (Å²) in [6, 6.07) is 21.8. The second kappa shape index (κ2) is 7.28. The Kier molecular flexibility index (Phi) is 4.33. The molecule has 5 heteroatoms. The van der Waals surface area contributed by atoms with E-state index in [0.29, 0.717) is 18.7 Å². The molecule has 0 aliphatic rings. The summed E-state index contributed by atoms with van der Waals surface area (Å²) in [6.07, 6.45) is 7.25. The first-order chi connectivity index (χ1) is 14.3. The van der Waals surface area contributed by atoms with Gasteiger partial charge < -0.3 is 13.7 Å². The Morgan fingerprint density at radius 3 is 2.55 bits per heavy atom. The first-order valence-electron chi connectivity index (χ1n) is 9.48. The van der Waals surface area contributed by atoms with E-state index in [1.165, 1.54) is 0 Å². The Hall–Kier alpha value is -3.86. The third-order valence-corrected chi connectivity index (χ3v) is 5.01. The first kappa shape index (κ1) is 17.3. The van der Waals surface area contributed by atoms with Crippen LogP contribution < -0.4 is 10.3 Å². The molecule has 0 saturated heterocycles. The van der Waals surface area contributed by atoms with Gasteiger partial charge in [-0.05, 0) is 35.4 Å². The van der Waals surface area contributed by atoms with E-state index < -0.39 is 0 Å². The van der Waals surface area contributed by atoms with Crippen LogP contribution in [0, 0.1) is 0 Å². The molecule has 29 heavy (non-hydrogen) atoms. The number of hydrogen-bond donors (Lipinski definition) is 0. The molecular formula is C24H19N3O2. The molecule has 142 valence electrons. The van der Waals surface area contributed by atoms with Crippen LogP contribution in [0.5, 0.6) is 5.75 Å². The number of rotatable bonds is 5. The lowest BCUT2D eigenvalue weighted by Gasteiger charge is -2.08. The van der Waals surface area contributed by atoms with Gasteiger partial charge in [0, 0.05) is 36.2 Å². The number of fused-ring (bicyclic) bond motifs is 3. The molecule has 3 aromatic heterocycles. The molecule has 0 amide bonds. The molecule has 0 spiro atoms. The van der Waals surface area contributed by atoms with Crippen molar-refractivity contribution in [3.63, 3.8) is 0 Å². The summed E-state index contributed by atoms with van der Waals surface area (Å²) >= 11 is 0. The van der Waals surface area contributed by atoms with Gasteiger partial charge in [-0.1, -0.05) is 36.4 Å². The van der Waals surface area contributed by atoms with Crippen LogP contribution in [0.4, 0.5) is 0 Å². The smallest absolute Gasteiger partial charge is 0.275 e. The SMILES string of the molecule is O=c1c2cc3ccc(OCc4ccccc4)cc3n2ccn1Cc1cccnc1. The summed E-state index contributed by atoms with van der Waals surface area (Å²) < 4.78 is 9.58. The predicted octanol–water partition coefficient (Wildman–Crippen LogP) is 4.28. The molecule has 0 N–H and O–H groups in total. The Bertz CT molecular complexity index is 1340. The summed E-state index contributed by atoms with van der Waals surface area (Å²) in [5, 5.41) is 1.01. The zero-order chi connectivity index (χ0) is 19.6. The Morgan fingerprint density at radius 1 is 0.862 bits per heavy atom. The second-order valence-corrected chi connectivity index (χ2v) is 6.99. The number of ether oxygens (including phenoxy) is 1. The van der Waals surface area contributed by atoms with Gasteiger partial charge in [0.15, 0.2) is 0 Å². The van der Waals surface area contributed by atoms with Gasteiger partial charge in [-0.3, -0.25) is 9.78 Å². The largest absolute Gasteiger partial charge is 0.489 e. The molecule has 0 aliphatic heterocycles. The van der Waals surface area contributed by atoms with Crippen LogP contribution in [0.3, 0.4) is 0 Å². The molecule has 5 nitrogen and oxygen atoms in total. The fourth-order valence-corrected chi connectivity index (χ4v) is 3.53. The van der Waals surface area contributed by atoms with E-state index in [1.54, 1.807) is 17.0 Å². The highest BCUT2D eigenvalue weighted by atomic mass is 16.5. The van der Waals surface area contributed by atoms with Crippen molar-refractivity contribution >= 4 is 16.4 Å². The summed E-state index contributed by atoms with van der Waals surface area (Å²) in [4.78, 5) is 17.1. The topological polar surface area (TPSA) is 48.5 Å². The number of aromatic nitrogens is 3. The summed E-state index contributed by atoms with van der Waals surface area (Å²) in [7, 11) is 0. The molecule has 0 unspecified atom stereocenters. The minimum atomic E-state index is -0.0284. The standard InChI is InChI=1S/C24H19N3O2/c28-24-23-13-20-8-9-21(29-17-18-5-2-1-3-6-18)14-22(20)27(23)12-11-26(24)16-19-7-4-10-25-15-19/h1-15H,16-17H2. The van der Waals surface area contributed by atoms with Gasteiger partial charge in [0.05, 0.1) is 12.1 Å². The van der Waals surface area contributed by atoms with Gasteiger partial charge in [0.1, 0.15) is 17.9 Å². The quantitative estimate of drug-likeness (QED) is 0.457. The van der Waals surface area contributed by atoms with E-state index in [1.807, 2.05) is 83.5 Å². The number of pyridine rings is 1. The Morgan fingerprint density at radius 2 is 1.72 bits per heavy atom. The lowest BCUT2D eigenvalue weighted by molar-refractivity contribution is 0.306. The van der Waals surface area contributed by atoms with Crippen molar-refractivity contribution < 1.29 is 4.74 Å². The van der Waals surface area contributed by atoms with Crippen molar-refractivity contribution in [2.24, 2.45) is 0 Å². The molecule has 5 aromatic rings. The van der Waals surface area contributed by atoms with Gasteiger partial charge in [-0.2, -0.15) is 0 Å². The molecule has 0 fully saturated rings. The highest BCUT2D eigenvalue weighted by Gasteiger charge is 2.10. The van der Waals surface area contributed by atoms with Crippen molar-refractivity contribution in [2.75, 3.05) is 0 Å². The van der Waals surface area contributed by atoms with E-state index in [-0.39, 0.29) is 5.56 Å². The zero-order valence-corrected chi connectivity index (χ0v) is 15.7. The molecule has 5 rings (SSSR count). The minimum Gasteiger partial charge on any atom is -0.489 e. The van der Waals surface area contributed by atoms with E-state index >= 15 is 0 Å². The van der Waals surface area contributed by atoms with Gasteiger partial charge in [-0.25, -0.2) is 0 Å². The van der Waals surface area contributed by atoms with E-state index in [2.05, 4.69) is 4.98 Å². The molecule has 0 aliphatic carbocycles. The maximum Gasteiger partial charge on any atom is 0.275 e. The maximum absolute atomic E-state index is 13.0. The van der Waals surface area contributed by atoms with Gasteiger partial charge in [-0.15, -0.1) is 0 Å². The molecule has 0 atom stereocenters. The minimum absolute atomic E-state index is 0.0284. The van der Waals surface area contributed by atoms with Crippen LogP contribution in [0.2, 0.25) is 0 Å². The van der Waals surface area contributed by atoms with E-state index in [9.17, 15) is 4.79 Å². The van der Waals surface area contributed by atoms with Crippen LogP contribution in [0.1, 0.15) is 11.1 Å². The zero-order valence-electron chi connectivity index (χ0n) is 15.7. The molecular weight excluding hydrogens is 362 g/mol. The lowest BCUT2D eigenvalue weighted by atomic mass is 10.2. The average Bonchev–Trinajstić information content (AvgIpc) is 3.14. The second-order valence-electron chi connectivity index (χ2n) is 6.99. The van der Waals surface area contributed by atoms with Crippen molar-refractivity contribution in [1.82, 2.24) is 14.0 Å². The molecule has 0 radical (unpaired) electrons. The van der Waals surface area contributed by atoms with Crippen LogP contribution in [-0.4, -0.2) is 14.0 Å². The molecule has 3 heterocycles. The lowest BCUT2D eigenvalue weighted by Crippen LogP contribution is -2.21. The highest BCUT2D eigenvalue weighted by molar-refractivity contribution is 5.87. The van der Waals surface area contributed by atoms with E-state index in [4.69, 9.17) is 4.74 Å². The summed E-state index contributed by atoms with van der Waals surface area (Å²) in [6.45, 7) is 1.00. The number of benzene rings is 2. The summed E-state index contributed by atoms with van der Waals surface area (Å²) in [5.74, 6) is 0.779. The molecule has 0 bridgehead atoms. The Labute approximate surface area is 167 Å². The maximum atomic E-state index is 13.0. The average molecular weight is 381 g/mol. The van der Waals surface area contributed by atoms with Crippen molar-refractivity contribution in [1.29, 1.82) is 0 Å². The van der Waals surface area contributed by atoms with Crippen LogP contribution in [0.15, 0.2) is 96.3 Å². The highest BCUT2D eigenvalue weighted by Crippen LogP contribution is 2.24. The van der Waals surface area contributed by atoms with Gasteiger partial charge in [0.25, 0.3) is 5.56 Å². The number of nitrogens with zero attached hydrogens (tertiary/aromatic N) is 3. The van der Waals surface area contributed by atoms with Crippen LogP contribution >= 0.6 is 0 Å². The Balaban J connectivity index is 1.49. The third-order valence-electron chi connectivity index (χ3n) is 5.01. The fraction of sp³-hybridized carbons (Fsp3) is 0.0833. The third kappa shape index (κ3) is 3.38.